The van der Waals surface area contributed by atoms with E-state index in [-0.39, 0.29) is 23.8 Å². The van der Waals surface area contributed by atoms with E-state index in [1.165, 1.54) is 12.3 Å². The van der Waals surface area contributed by atoms with Gasteiger partial charge in [0.05, 0.1) is 28.6 Å². The first-order chi connectivity index (χ1) is 14.5. The van der Waals surface area contributed by atoms with Crippen molar-refractivity contribution in [3.63, 3.8) is 0 Å². The van der Waals surface area contributed by atoms with Gasteiger partial charge in [-0.05, 0) is 29.8 Å². The predicted octanol–water partition coefficient (Wildman–Crippen LogP) is 3.41. The molecule has 2 aromatic carbocycles. The first-order valence-corrected chi connectivity index (χ1v) is 8.79. The largest absolute Gasteiger partial charge is 0.478 e. The number of carboxylic acids is 1. The minimum absolute atomic E-state index is 0.00404. The summed E-state index contributed by atoms with van der Waals surface area (Å²) in [6.07, 6.45) is 1.46. The second-order valence-corrected chi connectivity index (χ2v) is 6.17. The number of hydrogen-bond acceptors (Lipinski definition) is 8. The molecule has 0 atom stereocenters. The van der Waals surface area contributed by atoms with Gasteiger partial charge in [0.1, 0.15) is 5.70 Å². The van der Waals surface area contributed by atoms with Gasteiger partial charge in [-0.3, -0.25) is 0 Å². The predicted molar refractivity (Wildman–Crippen MR) is 110 cm³/mol. The Balaban J connectivity index is 1.88. The normalized spacial score (nSPS) is 10.8. The lowest BCUT2D eigenvalue weighted by molar-refractivity contribution is 0.0695. The summed E-state index contributed by atoms with van der Waals surface area (Å²) in [5.41, 5.74) is 16.2. The third-order valence-electron chi connectivity index (χ3n) is 4.19. The van der Waals surface area contributed by atoms with Gasteiger partial charge in [0.25, 0.3) is 0 Å². The molecule has 1 heterocycles. The van der Waals surface area contributed by atoms with Crippen molar-refractivity contribution >= 4 is 17.6 Å². The quantitative estimate of drug-likeness (QED) is 0.442. The lowest BCUT2D eigenvalue weighted by atomic mass is 10.1. The van der Waals surface area contributed by atoms with Crippen LogP contribution in [0.4, 0.5) is 5.95 Å². The van der Waals surface area contributed by atoms with Crippen LogP contribution in [0.15, 0.2) is 65.9 Å². The Labute approximate surface area is 172 Å². The maximum absolute atomic E-state index is 11.3. The van der Waals surface area contributed by atoms with Gasteiger partial charge in [0.15, 0.2) is 0 Å². The van der Waals surface area contributed by atoms with Gasteiger partial charge in [-0.1, -0.05) is 30.3 Å². The highest BCUT2D eigenvalue weighted by molar-refractivity contribution is 5.89. The summed E-state index contributed by atoms with van der Waals surface area (Å²) in [5.74, 6) is -1.02. The smallest absolute Gasteiger partial charge is 0.336 e. The molecule has 0 amide bonds. The van der Waals surface area contributed by atoms with E-state index in [1.54, 1.807) is 48.5 Å². The second kappa shape index (κ2) is 9.07. The van der Waals surface area contributed by atoms with Crippen molar-refractivity contribution in [1.82, 2.24) is 15.3 Å². The fraction of sp³-hybridized carbons (Fsp3) is 0.0476. The van der Waals surface area contributed by atoms with Gasteiger partial charge < -0.3 is 16.2 Å². The number of nitrogen functional groups attached to an aromatic ring is 1. The summed E-state index contributed by atoms with van der Waals surface area (Å²) >= 11 is 0. The highest BCUT2D eigenvalue weighted by Gasteiger charge is 2.11. The Kier molecular flexibility index (Phi) is 6.10. The van der Waals surface area contributed by atoms with Gasteiger partial charge in [0, 0.05) is 18.3 Å². The minimum Gasteiger partial charge on any atom is -0.478 e. The monoisotopic (exact) mass is 399 g/mol. The molecule has 0 bridgehead atoms. The number of nitrogens with zero attached hydrogens (tertiary/aromatic N) is 4. The summed E-state index contributed by atoms with van der Waals surface area (Å²) in [7, 11) is 0. The van der Waals surface area contributed by atoms with Crippen molar-refractivity contribution in [2.45, 2.75) is 6.54 Å². The number of carbonyl (C=O) groups is 1. The van der Waals surface area contributed by atoms with E-state index in [0.29, 0.717) is 28.1 Å². The molecule has 3 aromatic rings. The summed E-state index contributed by atoms with van der Waals surface area (Å²) in [4.78, 5) is 19.6. The van der Waals surface area contributed by atoms with E-state index in [2.05, 4.69) is 26.5 Å². The summed E-state index contributed by atoms with van der Waals surface area (Å²) < 4.78 is 0. The first kappa shape index (κ1) is 20.2. The van der Waals surface area contributed by atoms with E-state index in [1.807, 2.05) is 0 Å². The van der Waals surface area contributed by atoms with E-state index in [0.717, 1.165) is 0 Å². The van der Waals surface area contributed by atoms with E-state index in [9.17, 15) is 9.90 Å². The van der Waals surface area contributed by atoms with Crippen molar-refractivity contribution in [3.8, 4) is 17.3 Å². The lowest BCUT2D eigenvalue weighted by Crippen LogP contribution is -2.11. The van der Waals surface area contributed by atoms with Gasteiger partial charge in [-0.25, -0.2) is 20.3 Å². The Morgan fingerprint density at radius 3 is 2.77 bits per heavy atom. The number of nitrogens with one attached hydrogen (secondary N) is 2. The molecule has 5 N–H and O–H groups in total. The number of aromatic carboxylic acids is 1. The number of carboxylic acid groups (broad SMARTS) is 1. The molecule has 0 spiro atoms. The van der Waals surface area contributed by atoms with Crippen molar-refractivity contribution in [2.75, 3.05) is 5.73 Å². The molecule has 0 aliphatic rings. The van der Waals surface area contributed by atoms with E-state index < -0.39 is 5.97 Å². The van der Waals surface area contributed by atoms with Gasteiger partial charge in [-0.2, -0.15) is 10.4 Å². The number of benzene rings is 2. The molecule has 1 aromatic heterocycles. The highest BCUT2D eigenvalue weighted by Crippen LogP contribution is 2.23. The van der Waals surface area contributed by atoms with Crippen molar-refractivity contribution in [1.29, 1.82) is 10.8 Å². The first-order valence-electron chi connectivity index (χ1n) is 8.79. The van der Waals surface area contributed by atoms with E-state index >= 15 is 0 Å². The molecule has 148 valence electrons. The number of nitrogens with two attached hydrogens (primary N) is 1. The fourth-order valence-electron chi connectivity index (χ4n) is 2.80. The van der Waals surface area contributed by atoms with Crippen molar-refractivity contribution < 1.29 is 9.90 Å². The zero-order chi connectivity index (χ0) is 21.5. The molecule has 3 rings (SSSR count). The molecule has 9 nitrogen and oxygen atoms in total. The molecule has 0 aliphatic heterocycles. The maximum atomic E-state index is 11.3. The van der Waals surface area contributed by atoms with Crippen LogP contribution in [0, 0.1) is 16.9 Å². The van der Waals surface area contributed by atoms with Crippen LogP contribution in [0.3, 0.4) is 0 Å². The van der Waals surface area contributed by atoms with Crippen LogP contribution >= 0.6 is 0 Å². The fourth-order valence-corrected chi connectivity index (χ4v) is 2.80. The number of hydrogen-bond donors (Lipinski definition) is 4. The van der Waals surface area contributed by atoms with Gasteiger partial charge in [-0.15, -0.1) is 0 Å². The molecule has 30 heavy (non-hydrogen) atoms. The third-order valence-corrected chi connectivity index (χ3v) is 4.19. The van der Waals surface area contributed by atoms with Gasteiger partial charge in [0.2, 0.25) is 5.95 Å². The third kappa shape index (κ3) is 4.63. The van der Waals surface area contributed by atoms with Crippen molar-refractivity contribution in [2.24, 2.45) is 5.11 Å². The molecule has 9 heteroatoms. The Bertz CT molecular complexity index is 1180. The number of aromatic nitrogens is 2. The molecule has 0 saturated heterocycles. The maximum Gasteiger partial charge on any atom is 0.336 e. The van der Waals surface area contributed by atoms with Crippen LogP contribution in [0.25, 0.3) is 17.0 Å². The number of rotatable bonds is 7. The highest BCUT2D eigenvalue weighted by atomic mass is 16.4. The minimum atomic E-state index is -1.02. The molecule has 0 saturated carbocycles. The summed E-state index contributed by atoms with van der Waals surface area (Å²) in [6.45, 7) is 0.221. The van der Waals surface area contributed by atoms with Gasteiger partial charge >= 0.3 is 5.97 Å². The summed E-state index contributed by atoms with van der Waals surface area (Å²) in [6, 6.07) is 17.2. The van der Waals surface area contributed by atoms with Crippen LogP contribution in [0.1, 0.15) is 27.2 Å². The molecule has 0 radical (unpaired) electrons. The molecule has 0 aliphatic carbocycles. The number of nitriles is 1. The van der Waals surface area contributed by atoms with E-state index in [4.69, 9.17) is 16.5 Å². The standard InChI is InChI=1S/C21H17N7O2/c22-10-13-4-3-6-14(8-13)17-9-18(27-21(23)26-17)19(28-24)12-25-11-15-5-1-2-7-16(15)20(29)30/h1-9,12,24-25H,11H2,(H,29,30)(H2,23,26,27)/b19-12-,28-24?. The second-order valence-electron chi connectivity index (χ2n) is 6.17. The van der Waals surface area contributed by atoms with Crippen LogP contribution in [0.2, 0.25) is 0 Å². The zero-order valence-electron chi connectivity index (χ0n) is 15.7. The average Bonchev–Trinajstić information content (AvgIpc) is 2.76. The van der Waals surface area contributed by atoms with Crippen LogP contribution in [0.5, 0.6) is 0 Å². The zero-order valence-corrected chi connectivity index (χ0v) is 15.7. The molecular formula is C21H17N7O2. The average molecular weight is 399 g/mol. The summed E-state index contributed by atoms with van der Waals surface area (Å²) in [5, 5.41) is 24.8. The van der Waals surface area contributed by atoms with Crippen LogP contribution < -0.4 is 11.1 Å². The Hall–Kier alpha value is -4.58. The Morgan fingerprint density at radius 2 is 2.03 bits per heavy atom. The lowest BCUT2D eigenvalue weighted by Gasteiger charge is -2.08. The molecule has 0 fully saturated rings. The van der Waals surface area contributed by atoms with Crippen LogP contribution in [-0.4, -0.2) is 21.0 Å². The SMILES string of the molecule is N#Cc1cccc(-c2cc(/C(=C/NCc3ccccc3C(=O)O)N=N)nc(N)n2)c1. The Morgan fingerprint density at radius 1 is 1.23 bits per heavy atom. The molecule has 0 unspecified atom stereocenters. The number of anilines is 1. The van der Waals surface area contributed by atoms with Crippen molar-refractivity contribution in [3.05, 3.63) is 83.2 Å². The van der Waals surface area contributed by atoms with Crippen LogP contribution in [-0.2, 0) is 6.54 Å². The molecular weight excluding hydrogens is 382 g/mol. The topological polar surface area (TPSA) is 161 Å².